The van der Waals surface area contributed by atoms with Crippen LogP contribution in [0, 0.1) is 0 Å². The predicted molar refractivity (Wildman–Crippen MR) is 108 cm³/mol. The summed E-state index contributed by atoms with van der Waals surface area (Å²) in [6.45, 7) is 4.26. The van der Waals surface area contributed by atoms with Gasteiger partial charge >= 0.3 is 0 Å². The molecule has 2 aromatic rings. The van der Waals surface area contributed by atoms with Crippen molar-refractivity contribution in [2.45, 2.75) is 6.54 Å². The monoisotopic (exact) mass is 429 g/mol. The van der Waals surface area contributed by atoms with Gasteiger partial charge in [-0.3, -0.25) is 14.5 Å². The van der Waals surface area contributed by atoms with E-state index in [0.717, 1.165) is 27.4 Å². The van der Waals surface area contributed by atoms with Crippen LogP contribution in [0.1, 0.15) is 11.1 Å². The molecule has 1 heterocycles. The number of carbonyl (C=O) groups is 2. The molecule has 1 aliphatic heterocycles. The number of hydrogen-bond acceptors (Lipinski definition) is 4. The van der Waals surface area contributed by atoms with Crippen molar-refractivity contribution in [2.75, 3.05) is 6.61 Å². The number of carbonyl (C=O) groups excluding carboxylic acids is 2. The fourth-order valence-electron chi connectivity index (χ4n) is 2.46. The first-order valence-electron chi connectivity index (χ1n) is 7.91. The van der Waals surface area contributed by atoms with Crippen molar-refractivity contribution in [3.8, 4) is 5.75 Å². The molecule has 1 aliphatic rings. The largest absolute Gasteiger partial charge is 0.489 e. The number of rotatable bonds is 6. The maximum atomic E-state index is 12.7. The number of hydrogen-bond donors (Lipinski definition) is 0. The van der Waals surface area contributed by atoms with Gasteiger partial charge in [-0.25, -0.2) is 0 Å². The van der Waals surface area contributed by atoms with Gasteiger partial charge in [0.15, 0.2) is 0 Å². The van der Waals surface area contributed by atoms with Crippen molar-refractivity contribution >= 4 is 44.9 Å². The van der Waals surface area contributed by atoms with E-state index in [0.29, 0.717) is 17.3 Å². The average molecular weight is 430 g/mol. The molecule has 0 N–H and O–H groups in total. The summed E-state index contributed by atoms with van der Waals surface area (Å²) in [5, 5.41) is -0.270. The first-order valence-corrected chi connectivity index (χ1v) is 9.52. The van der Waals surface area contributed by atoms with Crippen LogP contribution in [-0.2, 0) is 11.3 Å². The number of thioether (sulfide) groups is 1. The average Bonchev–Trinajstić information content (AvgIpc) is 2.89. The molecule has 132 valence electrons. The van der Waals surface area contributed by atoms with Crippen LogP contribution in [0.3, 0.4) is 0 Å². The van der Waals surface area contributed by atoms with E-state index in [1.165, 1.54) is 4.90 Å². The summed E-state index contributed by atoms with van der Waals surface area (Å²) in [7, 11) is 0. The van der Waals surface area contributed by atoms with E-state index in [1.54, 1.807) is 12.2 Å². The molecule has 2 aromatic carbocycles. The van der Waals surface area contributed by atoms with Crippen molar-refractivity contribution in [1.29, 1.82) is 0 Å². The summed E-state index contributed by atoms with van der Waals surface area (Å²) in [6, 6.07) is 15.0. The van der Waals surface area contributed by atoms with E-state index >= 15 is 0 Å². The molecule has 0 aliphatic carbocycles. The van der Waals surface area contributed by atoms with Crippen molar-refractivity contribution < 1.29 is 14.3 Å². The molecule has 0 radical (unpaired) electrons. The van der Waals surface area contributed by atoms with Gasteiger partial charge in [0.25, 0.3) is 11.1 Å². The fraction of sp³-hybridized carbons (Fsp3) is 0.100. The van der Waals surface area contributed by atoms with Gasteiger partial charge < -0.3 is 4.74 Å². The highest BCUT2D eigenvalue weighted by atomic mass is 79.9. The fourth-order valence-corrected chi connectivity index (χ4v) is 3.66. The molecule has 0 saturated carbocycles. The van der Waals surface area contributed by atoms with E-state index in [-0.39, 0.29) is 17.7 Å². The zero-order valence-electron chi connectivity index (χ0n) is 13.9. The van der Waals surface area contributed by atoms with Gasteiger partial charge in [0, 0.05) is 10.0 Å². The minimum atomic E-state index is -0.293. The maximum Gasteiger partial charge on any atom is 0.293 e. The van der Waals surface area contributed by atoms with Crippen LogP contribution in [0.4, 0.5) is 4.79 Å². The van der Waals surface area contributed by atoms with Crippen LogP contribution in [0.5, 0.6) is 5.75 Å². The zero-order valence-corrected chi connectivity index (χ0v) is 16.3. The Hall–Kier alpha value is -2.31. The smallest absolute Gasteiger partial charge is 0.293 e. The summed E-state index contributed by atoms with van der Waals surface area (Å²) in [6.07, 6.45) is 3.35. The van der Waals surface area contributed by atoms with Crippen molar-refractivity contribution in [3.05, 3.63) is 81.7 Å². The molecule has 0 atom stereocenters. The number of imide groups is 1. The van der Waals surface area contributed by atoms with Crippen LogP contribution in [0.25, 0.3) is 6.08 Å². The van der Waals surface area contributed by atoms with Crippen molar-refractivity contribution in [2.24, 2.45) is 0 Å². The second-order valence-electron chi connectivity index (χ2n) is 5.54. The third-order valence-corrected chi connectivity index (χ3v) is 5.07. The van der Waals surface area contributed by atoms with Crippen LogP contribution >= 0.6 is 27.7 Å². The van der Waals surface area contributed by atoms with Crippen molar-refractivity contribution in [3.63, 3.8) is 0 Å². The highest BCUT2D eigenvalue weighted by Gasteiger charge is 2.35. The van der Waals surface area contributed by atoms with Gasteiger partial charge in [0.2, 0.25) is 0 Å². The van der Waals surface area contributed by atoms with Gasteiger partial charge in [-0.2, -0.15) is 0 Å². The van der Waals surface area contributed by atoms with Crippen LogP contribution in [-0.4, -0.2) is 22.7 Å². The van der Waals surface area contributed by atoms with Gasteiger partial charge in [0.1, 0.15) is 12.4 Å². The number of halogens is 1. The lowest BCUT2D eigenvalue weighted by atomic mass is 10.1. The Labute approximate surface area is 164 Å². The summed E-state index contributed by atoms with van der Waals surface area (Å²) in [4.78, 5) is 26.6. The molecular formula is C20H16BrNO3S. The molecular weight excluding hydrogens is 414 g/mol. The van der Waals surface area contributed by atoms with E-state index in [1.807, 2.05) is 48.5 Å². The molecule has 1 fully saturated rings. The molecule has 0 aromatic heterocycles. The summed E-state index contributed by atoms with van der Waals surface area (Å²) >= 11 is 4.36. The topological polar surface area (TPSA) is 46.6 Å². The Balaban J connectivity index is 1.86. The minimum absolute atomic E-state index is 0.265. The molecule has 3 rings (SSSR count). The summed E-state index contributed by atoms with van der Waals surface area (Å²) in [5.74, 6) is 0.335. The molecule has 1 saturated heterocycles. The Morgan fingerprint density at radius 2 is 1.92 bits per heavy atom. The molecule has 0 unspecified atom stereocenters. The first-order chi connectivity index (χ1) is 12.6. The quantitative estimate of drug-likeness (QED) is 0.464. The molecule has 0 bridgehead atoms. The summed E-state index contributed by atoms with van der Waals surface area (Å²) < 4.78 is 6.49. The highest BCUT2D eigenvalue weighted by Crippen LogP contribution is 2.35. The Kier molecular flexibility index (Phi) is 5.96. The molecule has 0 spiro atoms. The van der Waals surface area contributed by atoms with E-state index in [2.05, 4.69) is 22.5 Å². The van der Waals surface area contributed by atoms with E-state index in [4.69, 9.17) is 4.74 Å². The number of amides is 2. The molecule has 26 heavy (non-hydrogen) atoms. The highest BCUT2D eigenvalue weighted by molar-refractivity contribution is 9.10. The normalized spacial score (nSPS) is 15.6. The standard InChI is InChI=1S/C20H16BrNO3S/c1-2-10-25-17-9-8-16(21)11-15(17)12-18-19(23)22(20(24)26-18)13-14-6-4-3-5-7-14/h2-9,11-12H,1,10,13H2/b18-12-. The zero-order chi connectivity index (χ0) is 18.5. The van der Waals surface area contributed by atoms with E-state index in [9.17, 15) is 9.59 Å². The second-order valence-corrected chi connectivity index (χ2v) is 7.44. The predicted octanol–water partition coefficient (Wildman–Crippen LogP) is 5.25. The maximum absolute atomic E-state index is 12.7. The van der Waals surface area contributed by atoms with Gasteiger partial charge in [-0.15, -0.1) is 0 Å². The minimum Gasteiger partial charge on any atom is -0.489 e. The third kappa shape index (κ3) is 4.26. The molecule has 2 amide bonds. The molecule has 6 heteroatoms. The third-order valence-electron chi connectivity index (χ3n) is 3.67. The SMILES string of the molecule is C=CCOc1ccc(Br)cc1/C=C1\SC(=O)N(Cc2ccccc2)C1=O. The lowest BCUT2D eigenvalue weighted by molar-refractivity contribution is -0.123. The molecule has 4 nitrogen and oxygen atoms in total. The Morgan fingerprint density at radius 1 is 1.15 bits per heavy atom. The van der Waals surface area contributed by atoms with Crippen LogP contribution in [0.15, 0.2) is 70.6 Å². The van der Waals surface area contributed by atoms with Crippen LogP contribution < -0.4 is 4.74 Å². The second kappa shape index (κ2) is 8.38. The van der Waals surface area contributed by atoms with Crippen LogP contribution in [0.2, 0.25) is 0 Å². The Morgan fingerprint density at radius 3 is 2.65 bits per heavy atom. The van der Waals surface area contributed by atoms with Crippen molar-refractivity contribution in [1.82, 2.24) is 4.90 Å². The van der Waals surface area contributed by atoms with Gasteiger partial charge in [-0.1, -0.05) is 58.9 Å². The van der Waals surface area contributed by atoms with E-state index < -0.39 is 0 Å². The lowest BCUT2D eigenvalue weighted by Gasteiger charge is -2.12. The lowest BCUT2D eigenvalue weighted by Crippen LogP contribution is -2.27. The number of benzene rings is 2. The number of nitrogens with zero attached hydrogens (tertiary/aromatic N) is 1. The van der Waals surface area contributed by atoms with Gasteiger partial charge in [0.05, 0.1) is 11.4 Å². The van der Waals surface area contributed by atoms with Gasteiger partial charge in [-0.05, 0) is 41.6 Å². The Bertz CT molecular complexity index is 880. The summed E-state index contributed by atoms with van der Waals surface area (Å²) in [5.41, 5.74) is 1.64. The number of ether oxygens (including phenoxy) is 1. The first kappa shape index (κ1) is 18.5.